The predicted molar refractivity (Wildman–Crippen MR) is 57.0 cm³/mol. The zero-order valence-electron chi connectivity index (χ0n) is 7.19. The topological polar surface area (TPSA) is 26.3 Å². The normalized spacial score (nSPS) is 12.9. The first-order chi connectivity index (χ1) is 5.66. The molecular formula is C8H14Br2O2. The Labute approximate surface area is 90.3 Å². The second-order valence-corrected chi connectivity index (χ2v) is 4.38. The van der Waals surface area contributed by atoms with Gasteiger partial charge in [-0.25, -0.2) is 0 Å². The number of carbonyl (C=O) groups excluding carboxylic acids is 1. The van der Waals surface area contributed by atoms with E-state index in [2.05, 4.69) is 31.9 Å². The predicted octanol–water partition coefficient (Wildman–Crippen LogP) is 2.88. The molecule has 0 aromatic rings. The van der Waals surface area contributed by atoms with Crippen LogP contribution in [-0.4, -0.2) is 22.7 Å². The maximum atomic E-state index is 10.6. The lowest BCUT2D eigenvalue weighted by Crippen LogP contribution is -2.07. The van der Waals surface area contributed by atoms with Crippen LogP contribution in [-0.2, 0) is 9.53 Å². The minimum atomic E-state index is 0.0282. The maximum Gasteiger partial charge on any atom is 0.129 e. The lowest BCUT2D eigenvalue weighted by atomic mass is 10.2. The molecular weight excluding hydrogens is 288 g/mol. The highest BCUT2D eigenvalue weighted by Crippen LogP contribution is 2.10. The number of hydrogen-bond acceptors (Lipinski definition) is 2. The van der Waals surface area contributed by atoms with E-state index in [1.807, 2.05) is 0 Å². The second-order valence-electron chi connectivity index (χ2n) is 2.56. The Kier molecular flexibility index (Phi) is 8.60. The van der Waals surface area contributed by atoms with Crippen molar-refractivity contribution in [2.24, 2.45) is 0 Å². The summed E-state index contributed by atoms with van der Waals surface area (Å²) < 4.78 is 5.37. The van der Waals surface area contributed by atoms with Crippen molar-refractivity contribution in [3.05, 3.63) is 0 Å². The van der Waals surface area contributed by atoms with Crippen LogP contribution < -0.4 is 0 Å². The van der Waals surface area contributed by atoms with E-state index in [1.54, 1.807) is 6.92 Å². The molecule has 0 heterocycles. The summed E-state index contributed by atoms with van der Waals surface area (Å²) in [5.74, 6) is 0.212. The van der Waals surface area contributed by atoms with Crippen LogP contribution in [0.3, 0.4) is 0 Å². The lowest BCUT2D eigenvalue weighted by molar-refractivity contribution is -0.117. The van der Waals surface area contributed by atoms with Crippen LogP contribution in [0.4, 0.5) is 0 Å². The zero-order valence-corrected chi connectivity index (χ0v) is 10.4. The number of rotatable bonds is 7. The SMILES string of the molecule is CC(=O)CCC(Br)OCCCBr. The van der Waals surface area contributed by atoms with Crippen LogP contribution in [0.5, 0.6) is 0 Å². The molecule has 0 aromatic carbocycles. The molecule has 0 saturated carbocycles. The van der Waals surface area contributed by atoms with Crippen molar-refractivity contribution in [2.45, 2.75) is 31.2 Å². The molecule has 0 aliphatic heterocycles. The van der Waals surface area contributed by atoms with Gasteiger partial charge in [-0.05, 0) is 19.8 Å². The molecule has 0 saturated heterocycles. The first kappa shape index (κ1) is 12.6. The number of alkyl halides is 2. The minimum absolute atomic E-state index is 0.0282. The summed E-state index contributed by atoms with van der Waals surface area (Å²) in [4.78, 5) is 10.6. The summed E-state index contributed by atoms with van der Waals surface area (Å²) in [7, 11) is 0. The van der Waals surface area contributed by atoms with E-state index in [0.717, 1.165) is 24.8 Å². The Morgan fingerprint density at radius 3 is 2.75 bits per heavy atom. The number of ether oxygens (including phenoxy) is 1. The van der Waals surface area contributed by atoms with Crippen LogP contribution in [0.15, 0.2) is 0 Å². The lowest BCUT2D eigenvalue weighted by Gasteiger charge is -2.09. The van der Waals surface area contributed by atoms with Crippen LogP contribution in [0, 0.1) is 0 Å². The summed E-state index contributed by atoms with van der Waals surface area (Å²) in [6, 6.07) is 0. The Hall–Kier alpha value is 0.590. The van der Waals surface area contributed by atoms with Gasteiger partial charge >= 0.3 is 0 Å². The van der Waals surface area contributed by atoms with Crippen LogP contribution in [0.25, 0.3) is 0 Å². The average Bonchev–Trinajstić information content (AvgIpc) is 2.01. The van der Waals surface area contributed by atoms with Gasteiger partial charge < -0.3 is 9.53 Å². The van der Waals surface area contributed by atoms with E-state index < -0.39 is 0 Å². The number of Topliss-reactive ketones (excluding diaryl/α,β-unsaturated/α-hetero) is 1. The van der Waals surface area contributed by atoms with E-state index in [9.17, 15) is 4.79 Å². The molecule has 0 spiro atoms. The Morgan fingerprint density at radius 2 is 2.25 bits per heavy atom. The second kappa shape index (κ2) is 8.20. The van der Waals surface area contributed by atoms with Gasteiger partial charge in [-0.1, -0.05) is 31.9 Å². The molecule has 0 amide bonds. The van der Waals surface area contributed by atoms with Gasteiger partial charge in [0.1, 0.15) is 10.8 Å². The average molecular weight is 302 g/mol. The molecule has 0 aliphatic carbocycles. The van der Waals surface area contributed by atoms with Gasteiger partial charge in [0, 0.05) is 18.4 Å². The van der Waals surface area contributed by atoms with E-state index in [4.69, 9.17) is 4.74 Å². The zero-order chi connectivity index (χ0) is 9.40. The maximum absolute atomic E-state index is 10.6. The summed E-state index contributed by atoms with van der Waals surface area (Å²) in [5, 5.41) is 0.986. The number of hydrogen-bond donors (Lipinski definition) is 0. The number of ketones is 1. The summed E-state index contributed by atoms with van der Waals surface area (Å²) in [6.07, 6.45) is 2.35. The van der Waals surface area contributed by atoms with Crippen LogP contribution in [0.2, 0.25) is 0 Å². The molecule has 0 rings (SSSR count). The van der Waals surface area contributed by atoms with Gasteiger partial charge in [-0.15, -0.1) is 0 Å². The van der Waals surface area contributed by atoms with Crippen LogP contribution in [0.1, 0.15) is 26.2 Å². The standard InChI is InChI=1S/C8H14Br2O2/c1-7(11)3-4-8(10)12-6-2-5-9/h8H,2-6H2,1H3. The van der Waals surface area contributed by atoms with E-state index in [0.29, 0.717) is 6.42 Å². The van der Waals surface area contributed by atoms with Gasteiger partial charge in [0.15, 0.2) is 0 Å². The molecule has 0 bridgehead atoms. The molecule has 1 atom stereocenters. The first-order valence-corrected chi connectivity index (χ1v) is 6.01. The van der Waals surface area contributed by atoms with Crippen molar-refractivity contribution in [1.29, 1.82) is 0 Å². The van der Waals surface area contributed by atoms with Crippen molar-refractivity contribution in [1.82, 2.24) is 0 Å². The third-order valence-corrected chi connectivity index (χ3v) is 2.58. The van der Waals surface area contributed by atoms with Crippen molar-refractivity contribution in [3.63, 3.8) is 0 Å². The molecule has 72 valence electrons. The molecule has 0 radical (unpaired) electrons. The highest BCUT2D eigenvalue weighted by molar-refractivity contribution is 9.09. The molecule has 0 aromatic heterocycles. The molecule has 0 fully saturated rings. The molecule has 1 unspecified atom stereocenters. The highest BCUT2D eigenvalue weighted by Gasteiger charge is 2.04. The van der Waals surface area contributed by atoms with Gasteiger partial charge in [0.25, 0.3) is 0 Å². The van der Waals surface area contributed by atoms with Gasteiger partial charge in [0.05, 0.1) is 0 Å². The molecule has 12 heavy (non-hydrogen) atoms. The number of halogens is 2. The Morgan fingerprint density at radius 1 is 1.58 bits per heavy atom. The molecule has 2 nitrogen and oxygen atoms in total. The van der Waals surface area contributed by atoms with Crippen molar-refractivity contribution in [2.75, 3.05) is 11.9 Å². The van der Waals surface area contributed by atoms with Crippen molar-refractivity contribution in [3.8, 4) is 0 Å². The number of carbonyl (C=O) groups is 1. The van der Waals surface area contributed by atoms with Gasteiger partial charge in [0.2, 0.25) is 0 Å². The first-order valence-electron chi connectivity index (χ1n) is 3.98. The van der Waals surface area contributed by atoms with Gasteiger partial charge in [-0.3, -0.25) is 0 Å². The molecule has 0 aliphatic rings. The Bertz CT molecular complexity index is 128. The fourth-order valence-corrected chi connectivity index (χ4v) is 1.31. The van der Waals surface area contributed by atoms with E-state index in [1.165, 1.54) is 0 Å². The van der Waals surface area contributed by atoms with Crippen molar-refractivity contribution >= 4 is 37.6 Å². The van der Waals surface area contributed by atoms with Gasteiger partial charge in [-0.2, -0.15) is 0 Å². The quantitative estimate of drug-likeness (QED) is 0.534. The molecule has 0 N–H and O–H groups in total. The van der Waals surface area contributed by atoms with Crippen molar-refractivity contribution < 1.29 is 9.53 Å². The summed E-state index contributed by atoms with van der Waals surface area (Å²) in [5.41, 5.74) is 0. The van der Waals surface area contributed by atoms with E-state index >= 15 is 0 Å². The molecule has 4 heteroatoms. The summed E-state index contributed by atoms with van der Waals surface area (Å²) in [6.45, 7) is 2.33. The fourth-order valence-electron chi connectivity index (χ4n) is 0.666. The minimum Gasteiger partial charge on any atom is -0.367 e. The van der Waals surface area contributed by atoms with E-state index in [-0.39, 0.29) is 10.8 Å². The highest BCUT2D eigenvalue weighted by atomic mass is 79.9. The van der Waals surface area contributed by atoms with Crippen LogP contribution >= 0.6 is 31.9 Å². The summed E-state index contributed by atoms with van der Waals surface area (Å²) >= 11 is 6.66. The smallest absolute Gasteiger partial charge is 0.129 e. The third-order valence-electron chi connectivity index (χ3n) is 1.30. The Balaban J connectivity index is 3.21. The monoisotopic (exact) mass is 300 g/mol. The third kappa shape index (κ3) is 8.68. The largest absolute Gasteiger partial charge is 0.367 e. The fraction of sp³-hybridized carbons (Fsp3) is 0.875.